The highest BCUT2D eigenvalue weighted by Gasteiger charge is 2.20. The van der Waals surface area contributed by atoms with Crippen LogP contribution in [0.3, 0.4) is 0 Å². The molecule has 0 bridgehead atoms. The van der Waals surface area contributed by atoms with Gasteiger partial charge in [-0.25, -0.2) is 4.79 Å². The Morgan fingerprint density at radius 2 is 2.00 bits per heavy atom. The molecule has 13 heavy (non-hydrogen) atoms. The first-order chi connectivity index (χ1) is 6.27. The molecule has 0 unspecified atom stereocenters. The van der Waals surface area contributed by atoms with Gasteiger partial charge in [0.1, 0.15) is 6.29 Å². The van der Waals surface area contributed by atoms with E-state index in [-0.39, 0.29) is 6.09 Å². The number of ether oxygens (including phenoxy) is 1. The molecule has 0 radical (unpaired) electrons. The van der Waals surface area contributed by atoms with Crippen LogP contribution >= 0.6 is 0 Å². The molecule has 0 aromatic carbocycles. The van der Waals surface area contributed by atoms with Crippen molar-refractivity contribution in [1.82, 2.24) is 9.80 Å². The Labute approximate surface area is 77.2 Å². The number of piperazine rings is 1. The van der Waals surface area contributed by atoms with Crippen LogP contribution in [0.15, 0.2) is 0 Å². The van der Waals surface area contributed by atoms with Crippen LogP contribution in [0.25, 0.3) is 0 Å². The van der Waals surface area contributed by atoms with E-state index in [1.807, 2.05) is 4.90 Å². The lowest BCUT2D eigenvalue weighted by atomic mass is 10.3. The van der Waals surface area contributed by atoms with Crippen LogP contribution in [0, 0.1) is 0 Å². The van der Waals surface area contributed by atoms with Crippen molar-refractivity contribution in [2.24, 2.45) is 0 Å². The summed E-state index contributed by atoms with van der Waals surface area (Å²) in [5, 5.41) is 0. The summed E-state index contributed by atoms with van der Waals surface area (Å²) in [5.74, 6) is 0. The number of hydrogen-bond acceptors (Lipinski definition) is 4. The highest BCUT2D eigenvalue weighted by atomic mass is 16.5. The van der Waals surface area contributed by atoms with Crippen LogP contribution in [0.2, 0.25) is 0 Å². The van der Waals surface area contributed by atoms with E-state index in [0.717, 1.165) is 19.4 Å². The van der Waals surface area contributed by atoms with E-state index in [9.17, 15) is 9.59 Å². The number of nitrogens with zero attached hydrogens (tertiary/aromatic N) is 2. The van der Waals surface area contributed by atoms with Crippen molar-refractivity contribution in [1.29, 1.82) is 0 Å². The second kappa shape index (κ2) is 4.81. The van der Waals surface area contributed by atoms with E-state index in [0.29, 0.717) is 19.6 Å². The maximum Gasteiger partial charge on any atom is 0.409 e. The van der Waals surface area contributed by atoms with Crippen LogP contribution < -0.4 is 0 Å². The Hall–Kier alpha value is -1.10. The van der Waals surface area contributed by atoms with Crippen LogP contribution in [-0.2, 0) is 9.53 Å². The standard InChI is InChI=1S/C8H14N2O3/c1-13-8(12)10-4-2-9(3-5-10)6-7-11/h7H,2-6H2,1H3. The lowest BCUT2D eigenvalue weighted by Crippen LogP contribution is -2.49. The number of aldehydes is 1. The number of rotatable bonds is 2. The van der Waals surface area contributed by atoms with E-state index in [1.54, 1.807) is 4.90 Å². The minimum Gasteiger partial charge on any atom is -0.453 e. The third-order valence-electron chi connectivity index (χ3n) is 2.14. The molecular formula is C8H14N2O3. The molecule has 0 saturated carbocycles. The van der Waals surface area contributed by atoms with E-state index in [4.69, 9.17) is 0 Å². The Kier molecular flexibility index (Phi) is 3.70. The zero-order valence-electron chi connectivity index (χ0n) is 7.73. The molecule has 1 heterocycles. The molecule has 1 amide bonds. The van der Waals surface area contributed by atoms with Gasteiger partial charge in [-0.1, -0.05) is 0 Å². The van der Waals surface area contributed by atoms with Crippen LogP contribution in [0.5, 0.6) is 0 Å². The van der Waals surface area contributed by atoms with Crippen LogP contribution in [0.1, 0.15) is 0 Å². The average Bonchev–Trinajstić information content (AvgIpc) is 2.18. The Morgan fingerprint density at radius 3 is 2.46 bits per heavy atom. The third kappa shape index (κ3) is 2.69. The summed E-state index contributed by atoms with van der Waals surface area (Å²) in [7, 11) is 1.38. The van der Waals surface area contributed by atoms with E-state index < -0.39 is 0 Å². The summed E-state index contributed by atoms with van der Waals surface area (Å²) < 4.78 is 4.58. The molecule has 0 aromatic rings. The molecule has 0 aliphatic carbocycles. The molecule has 0 spiro atoms. The smallest absolute Gasteiger partial charge is 0.409 e. The first-order valence-corrected chi connectivity index (χ1v) is 4.27. The topological polar surface area (TPSA) is 49.9 Å². The molecular weight excluding hydrogens is 172 g/mol. The van der Waals surface area contributed by atoms with Crippen molar-refractivity contribution < 1.29 is 14.3 Å². The summed E-state index contributed by atoms with van der Waals surface area (Å²) in [6.07, 6.45) is 0.596. The highest BCUT2D eigenvalue weighted by Crippen LogP contribution is 2.01. The molecule has 1 fully saturated rings. The molecule has 1 aliphatic heterocycles. The molecule has 1 aliphatic rings. The van der Waals surface area contributed by atoms with Gasteiger partial charge in [0, 0.05) is 26.2 Å². The van der Waals surface area contributed by atoms with Gasteiger partial charge in [-0.05, 0) is 0 Å². The molecule has 74 valence electrons. The van der Waals surface area contributed by atoms with Crippen molar-refractivity contribution in [3.05, 3.63) is 0 Å². The van der Waals surface area contributed by atoms with Crippen molar-refractivity contribution in [2.75, 3.05) is 39.8 Å². The van der Waals surface area contributed by atoms with E-state index in [2.05, 4.69) is 4.74 Å². The fraction of sp³-hybridized carbons (Fsp3) is 0.750. The number of carbonyl (C=O) groups is 2. The first-order valence-electron chi connectivity index (χ1n) is 4.27. The minimum atomic E-state index is -0.286. The number of amides is 1. The average molecular weight is 186 g/mol. The fourth-order valence-electron chi connectivity index (χ4n) is 1.35. The van der Waals surface area contributed by atoms with Crippen molar-refractivity contribution in [2.45, 2.75) is 0 Å². The van der Waals surface area contributed by atoms with Gasteiger partial charge in [0.2, 0.25) is 0 Å². The summed E-state index contributed by atoms with van der Waals surface area (Å²) in [5.41, 5.74) is 0. The van der Waals surface area contributed by atoms with Gasteiger partial charge >= 0.3 is 6.09 Å². The molecule has 5 nitrogen and oxygen atoms in total. The molecule has 5 heteroatoms. The van der Waals surface area contributed by atoms with Crippen molar-refractivity contribution in [3.8, 4) is 0 Å². The predicted octanol–water partition coefficient (Wildman–Crippen LogP) is -0.431. The van der Waals surface area contributed by atoms with Gasteiger partial charge in [-0.2, -0.15) is 0 Å². The first kappa shape index (κ1) is 9.98. The highest BCUT2D eigenvalue weighted by molar-refractivity contribution is 5.67. The lowest BCUT2D eigenvalue weighted by molar-refractivity contribution is -0.109. The zero-order valence-corrected chi connectivity index (χ0v) is 7.73. The van der Waals surface area contributed by atoms with Gasteiger partial charge in [-0.3, -0.25) is 4.90 Å². The number of carbonyl (C=O) groups excluding carboxylic acids is 2. The monoisotopic (exact) mass is 186 g/mol. The maximum absolute atomic E-state index is 11.0. The van der Waals surface area contributed by atoms with Gasteiger partial charge in [0.05, 0.1) is 13.7 Å². The van der Waals surface area contributed by atoms with Crippen molar-refractivity contribution in [3.63, 3.8) is 0 Å². The van der Waals surface area contributed by atoms with Crippen molar-refractivity contribution >= 4 is 12.4 Å². The fourth-order valence-corrected chi connectivity index (χ4v) is 1.35. The quantitative estimate of drug-likeness (QED) is 0.549. The van der Waals surface area contributed by atoms with Gasteiger partial charge < -0.3 is 14.4 Å². The van der Waals surface area contributed by atoms with Gasteiger partial charge in [0.15, 0.2) is 0 Å². The van der Waals surface area contributed by atoms with Gasteiger partial charge in [0.25, 0.3) is 0 Å². The zero-order chi connectivity index (χ0) is 9.68. The molecule has 1 rings (SSSR count). The Bertz CT molecular complexity index is 188. The molecule has 0 aromatic heterocycles. The third-order valence-corrected chi connectivity index (χ3v) is 2.14. The van der Waals surface area contributed by atoms with E-state index in [1.165, 1.54) is 7.11 Å². The number of methoxy groups -OCH3 is 1. The molecule has 0 N–H and O–H groups in total. The second-order valence-corrected chi connectivity index (χ2v) is 2.92. The molecule has 0 atom stereocenters. The lowest BCUT2D eigenvalue weighted by Gasteiger charge is -2.32. The van der Waals surface area contributed by atoms with Crippen LogP contribution in [0.4, 0.5) is 4.79 Å². The van der Waals surface area contributed by atoms with E-state index >= 15 is 0 Å². The Balaban J connectivity index is 2.30. The Morgan fingerprint density at radius 1 is 1.38 bits per heavy atom. The summed E-state index contributed by atoms with van der Waals surface area (Å²) in [6.45, 7) is 3.22. The maximum atomic E-state index is 11.0. The van der Waals surface area contributed by atoms with Crippen LogP contribution in [-0.4, -0.2) is 62.0 Å². The van der Waals surface area contributed by atoms with Gasteiger partial charge in [-0.15, -0.1) is 0 Å². The molecule has 1 saturated heterocycles. The normalized spacial score (nSPS) is 18.4. The largest absolute Gasteiger partial charge is 0.453 e. The summed E-state index contributed by atoms with van der Waals surface area (Å²) in [4.78, 5) is 24.9. The SMILES string of the molecule is COC(=O)N1CCN(CC=O)CC1. The summed E-state index contributed by atoms with van der Waals surface area (Å²) >= 11 is 0. The number of hydrogen-bond donors (Lipinski definition) is 0. The summed E-state index contributed by atoms with van der Waals surface area (Å²) in [6, 6.07) is 0. The predicted molar refractivity (Wildman–Crippen MR) is 46.5 cm³/mol. The minimum absolute atomic E-state index is 0.286. The second-order valence-electron chi connectivity index (χ2n) is 2.92.